The first-order chi connectivity index (χ1) is 16.5. The number of anilines is 1. The monoisotopic (exact) mass is 471 g/mol. The van der Waals surface area contributed by atoms with Crippen LogP contribution in [-0.2, 0) is 0 Å². The van der Waals surface area contributed by atoms with E-state index in [1.54, 1.807) is 35.8 Å². The minimum absolute atomic E-state index is 0.364. The highest BCUT2D eigenvalue weighted by Gasteiger charge is 2.15. The van der Waals surface area contributed by atoms with Crippen LogP contribution in [0.25, 0.3) is 11.3 Å². The topological polar surface area (TPSA) is 72.8 Å². The lowest BCUT2D eigenvalue weighted by atomic mass is 10.1. The van der Waals surface area contributed by atoms with E-state index < -0.39 is 5.97 Å². The Morgan fingerprint density at radius 1 is 1.03 bits per heavy atom. The lowest BCUT2D eigenvalue weighted by molar-refractivity contribution is 0.0727. The van der Waals surface area contributed by atoms with Gasteiger partial charge >= 0.3 is 5.97 Å². The Morgan fingerprint density at radius 2 is 1.79 bits per heavy atom. The number of carbonyl (C=O) groups is 1. The number of nitrogens with zero attached hydrogens (tertiary/aromatic N) is 2. The SMILES string of the molecule is CCOc1cc(/C=N/Nc2nc(-c3ccccc3)c(C)s2)ccc1OC(=O)c1ccccc1C. The van der Waals surface area contributed by atoms with Crippen molar-refractivity contribution in [3.63, 3.8) is 0 Å². The van der Waals surface area contributed by atoms with Gasteiger partial charge in [-0.25, -0.2) is 9.78 Å². The second-order valence-electron chi connectivity index (χ2n) is 7.50. The number of hydrogen-bond donors (Lipinski definition) is 1. The van der Waals surface area contributed by atoms with Gasteiger partial charge in [-0.1, -0.05) is 48.5 Å². The molecule has 0 saturated carbocycles. The highest BCUT2D eigenvalue weighted by Crippen LogP contribution is 2.31. The Bertz CT molecular complexity index is 1320. The third kappa shape index (κ3) is 5.50. The van der Waals surface area contributed by atoms with E-state index >= 15 is 0 Å². The zero-order chi connectivity index (χ0) is 23.9. The van der Waals surface area contributed by atoms with Gasteiger partial charge in [0.05, 0.1) is 24.1 Å². The zero-order valence-electron chi connectivity index (χ0n) is 19.2. The maximum atomic E-state index is 12.6. The fourth-order valence-corrected chi connectivity index (χ4v) is 4.17. The zero-order valence-corrected chi connectivity index (χ0v) is 20.1. The standard InChI is InChI=1S/C27H25N3O3S/c1-4-32-24-16-20(14-15-23(24)33-26(31)22-13-9-8-10-18(22)2)17-28-30-27-29-25(19(3)34-27)21-11-6-5-7-12-21/h5-17H,4H2,1-3H3,(H,29,30)/b28-17+. The Kier molecular flexibility index (Phi) is 7.34. The fraction of sp³-hybridized carbons (Fsp3) is 0.148. The van der Waals surface area contributed by atoms with E-state index in [2.05, 4.69) is 15.5 Å². The van der Waals surface area contributed by atoms with Gasteiger partial charge in [-0.3, -0.25) is 5.43 Å². The van der Waals surface area contributed by atoms with Crippen molar-refractivity contribution in [3.05, 3.63) is 94.4 Å². The molecule has 0 aliphatic carbocycles. The van der Waals surface area contributed by atoms with Crippen LogP contribution in [0.1, 0.15) is 33.3 Å². The summed E-state index contributed by atoms with van der Waals surface area (Å²) in [6.45, 7) is 6.23. The third-order valence-corrected chi connectivity index (χ3v) is 5.93. The molecule has 0 bridgehead atoms. The number of hydrogen-bond acceptors (Lipinski definition) is 7. The third-order valence-electron chi connectivity index (χ3n) is 5.05. The van der Waals surface area contributed by atoms with Crippen molar-refractivity contribution < 1.29 is 14.3 Å². The number of esters is 1. The van der Waals surface area contributed by atoms with Crippen molar-refractivity contribution in [3.8, 4) is 22.8 Å². The molecule has 0 spiro atoms. The first-order valence-electron chi connectivity index (χ1n) is 10.9. The van der Waals surface area contributed by atoms with Crippen LogP contribution in [0.15, 0.2) is 77.9 Å². The van der Waals surface area contributed by atoms with Crippen LogP contribution in [-0.4, -0.2) is 23.8 Å². The molecule has 0 amide bonds. The van der Waals surface area contributed by atoms with Gasteiger partial charge in [0, 0.05) is 10.4 Å². The second kappa shape index (κ2) is 10.8. The van der Waals surface area contributed by atoms with Crippen LogP contribution in [0.4, 0.5) is 5.13 Å². The number of carbonyl (C=O) groups excluding carboxylic acids is 1. The molecule has 0 radical (unpaired) electrons. The normalized spacial score (nSPS) is 10.9. The Balaban J connectivity index is 1.47. The number of aryl methyl sites for hydroxylation is 2. The van der Waals surface area contributed by atoms with Crippen molar-refractivity contribution in [2.24, 2.45) is 5.10 Å². The molecule has 0 aliphatic rings. The van der Waals surface area contributed by atoms with E-state index in [1.807, 2.05) is 75.4 Å². The summed E-state index contributed by atoms with van der Waals surface area (Å²) in [4.78, 5) is 18.4. The minimum Gasteiger partial charge on any atom is -0.490 e. The quantitative estimate of drug-likeness (QED) is 0.138. The van der Waals surface area contributed by atoms with E-state index in [4.69, 9.17) is 9.47 Å². The van der Waals surface area contributed by atoms with Crippen molar-refractivity contribution in [2.45, 2.75) is 20.8 Å². The average molecular weight is 472 g/mol. The molecule has 0 fully saturated rings. The summed E-state index contributed by atoms with van der Waals surface area (Å²) < 4.78 is 11.3. The van der Waals surface area contributed by atoms with E-state index in [1.165, 1.54) is 0 Å². The largest absolute Gasteiger partial charge is 0.490 e. The number of thiazole rings is 1. The van der Waals surface area contributed by atoms with E-state index in [0.717, 1.165) is 27.3 Å². The summed E-state index contributed by atoms with van der Waals surface area (Å²) >= 11 is 1.55. The van der Waals surface area contributed by atoms with Crippen LogP contribution >= 0.6 is 11.3 Å². The molecule has 0 atom stereocenters. The number of nitrogens with one attached hydrogen (secondary N) is 1. The van der Waals surface area contributed by atoms with Crippen LogP contribution in [0, 0.1) is 13.8 Å². The van der Waals surface area contributed by atoms with Crippen molar-refractivity contribution in [2.75, 3.05) is 12.0 Å². The number of hydrazone groups is 1. The molecule has 0 aliphatic heterocycles. The van der Waals surface area contributed by atoms with Gasteiger partial charge < -0.3 is 9.47 Å². The Labute approximate surface area is 202 Å². The maximum absolute atomic E-state index is 12.6. The van der Waals surface area contributed by atoms with E-state index in [-0.39, 0.29) is 0 Å². The predicted molar refractivity (Wildman–Crippen MR) is 137 cm³/mol. The number of ether oxygens (including phenoxy) is 2. The number of rotatable bonds is 8. The van der Waals surface area contributed by atoms with Gasteiger partial charge in [-0.2, -0.15) is 5.10 Å². The summed E-state index contributed by atoms with van der Waals surface area (Å²) in [5.41, 5.74) is 7.19. The summed E-state index contributed by atoms with van der Waals surface area (Å²) in [6, 6.07) is 22.7. The summed E-state index contributed by atoms with van der Waals surface area (Å²) in [6.07, 6.45) is 1.67. The van der Waals surface area contributed by atoms with Gasteiger partial charge in [-0.05, 0) is 56.2 Å². The van der Waals surface area contributed by atoms with Crippen LogP contribution in [0.3, 0.4) is 0 Å². The molecular weight excluding hydrogens is 446 g/mol. The smallest absolute Gasteiger partial charge is 0.343 e. The van der Waals surface area contributed by atoms with Gasteiger partial charge in [0.25, 0.3) is 0 Å². The summed E-state index contributed by atoms with van der Waals surface area (Å²) in [5.74, 6) is 0.420. The minimum atomic E-state index is -0.421. The molecule has 3 aromatic carbocycles. The average Bonchev–Trinajstić information content (AvgIpc) is 3.22. The van der Waals surface area contributed by atoms with Crippen LogP contribution < -0.4 is 14.9 Å². The first kappa shape index (κ1) is 23.2. The molecule has 0 unspecified atom stereocenters. The Hall–Kier alpha value is -3.97. The van der Waals surface area contributed by atoms with Crippen molar-refractivity contribution in [1.82, 2.24) is 4.98 Å². The number of aromatic nitrogens is 1. The van der Waals surface area contributed by atoms with Gasteiger partial charge in [0.1, 0.15) is 0 Å². The Morgan fingerprint density at radius 3 is 2.56 bits per heavy atom. The molecule has 1 aromatic heterocycles. The lowest BCUT2D eigenvalue weighted by Gasteiger charge is -2.12. The van der Waals surface area contributed by atoms with Crippen molar-refractivity contribution in [1.29, 1.82) is 0 Å². The van der Waals surface area contributed by atoms with E-state index in [0.29, 0.717) is 28.8 Å². The molecule has 1 heterocycles. The number of benzene rings is 3. The molecule has 4 rings (SSSR count). The molecule has 4 aromatic rings. The highest BCUT2D eigenvalue weighted by atomic mass is 32.1. The lowest BCUT2D eigenvalue weighted by Crippen LogP contribution is -2.11. The molecule has 34 heavy (non-hydrogen) atoms. The maximum Gasteiger partial charge on any atom is 0.343 e. The fourth-order valence-electron chi connectivity index (χ4n) is 3.38. The molecule has 6 nitrogen and oxygen atoms in total. The van der Waals surface area contributed by atoms with Gasteiger partial charge in [0.2, 0.25) is 5.13 Å². The van der Waals surface area contributed by atoms with Gasteiger partial charge in [0.15, 0.2) is 11.5 Å². The highest BCUT2D eigenvalue weighted by molar-refractivity contribution is 7.16. The van der Waals surface area contributed by atoms with Crippen LogP contribution in [0.2, 0.25) is 0 Å². The molecule has 172 valence electrons. The summed E-state index contributed by atoms with van der Waals surface area (Å²) in [5, 5.41) is 5.03. The van der Waals surface area contributed by atoms with Crippen molar-refractivity contribution >= 4 is 28.7 Å². The van der Waals surface area contributed by atoms with E-state index in [9.17, 15) is 4.79 Å². The molecule has 1 N–H and O–H groups in total. The summed E-state index contributed by atoms with van der Waals surface area (Å²) in [7, 11) is 0. The van der Waals surface area contributed by atoms with Gasteiger partial charge in [-0.15, -0.1) is 11.3 Å². The molecule has 0 saturated heterocycles. The first-order valence-corrected chi connectivity index (χ1v) is 11.7. The molecule has 7 heteroatoms. The molecular formula is C27H25N3O3S. The van der Waals surface area contributed by atoms with Crippen LogP contribution in [0.5, 0.6) is 11.5 Å². The second-order valence-corrected chi connectivity index (χ2v) is 8.71. The predicted octanol–water partition coefficient (Wildman–Crippen LogP) is 6.49.